The average molecular weight is 990 g/mol. The van der Waals surface area contributed by atoms with Gasteiger partial charge in [-0.3, -0.25) is 9.59 Å². The van der Waals surface area contributed by atoms with Crippen molar-refractivity contribution in [2.24, 2.45) is 0 Å². The summed E-state index contributed by atoms with van der Waals surface area (Å²) in [6.07, 6.45) is 4.85. The van der Waals surface area contributed by atoms with Crippen LogP contribution in [-0.2, 0) is 14.2 Å². The first-order valence-electron chi connectivity index (χ1n) is 24.5. The molecule has 6 rings (SSSR count). The Bertz CT molecular complexity index is 2180. The maximum Gasteiger partial charge on any atom is 0.410 e. The first-order chi connectivity index (χ1) is 33.1. The molecular weight excluding hydrogens is 912 g/mol. The highest BCUT2D eigenvalue weighted by molar-refractivity contribution is 5.96. The van der Waals surface area contributed by atoms with Crippen molar-refractivity contribution in [1.82, 2.24) is 20.0 Å². The molecule has 0 aliphatic carbocycles. The number of benzene rings is 4. The first kappa shape index (κ1) is 57.0. The highest BCUT2D eigenvalue weighted by atomic mass is 35.5. The zero-order valence-electron chi connectivity index (χ0n) is 42.8. The Morgan fingerprint density at radius 1 is 0.629 bits per heavy atom. The standard InChI is InChI=1S/C30H42N2O6.C25H34N2O4.ClH/c1-22(2)32(24-12-10-15-31(21-24)29(34)38-30(3,4)5)28(33)23-18-26(36-17-11-16-35-6)20-27(19-23)37-25-13-8-7-9-14-25;1-19(2)27(21-9-7-12-26-18-21)25(28)20-15-23(30-14-8-13-29-3)17-24(16-20)31-22-10-5-4-6-11-22;/h7-9,13-14,18-20,22,24H,10-12,15-17,21H2,1-6H3;4-6,10-11,15-17,19,21,26H,7-9,12-14,18H2,1-3H3;1H/t24-;21-;/m11./s1. The largest absolute Gasteiger partial charge is 0.493 e. The third-order valence-corrected chi connectivity index (χ3v) is 11.4. The van der Waals surface area contributed by atoms with Gasteiger partial charge in [0.25, 0.3) is 11.8 Å². The van der Waals surface area contributed by atoms with Gasteiger partial charge in [-0.25, -0.2) is 4.79 Å². The molecule has 0 unspecified atom stereocenters. The highest BCUT2D eigenvalue weighted by Gasteiger charge is 2.35. The Morgan fingerprint density at radius 2 is 1.09 bits per heavy atom. The second-order valence-corrected chi connectivity index (χ2v) is 18.9. The van der Waals surface area contributed by atoms with Gasteiger partial charge < -0.3 is 53.2 Å². The molecule has 2 atom stereocenters. The number of halogens is 1. The summed E-state index contributed by atoms with van der Waals surface area (Å²) < 4.78 is 39.8. The fourth-order valence-electron chi connectivity index (χ4n) is 8.40. The summed E-state index contributed by atoms with van der Waals surface area (Å²) in [4.78, 5) is 45.9. The van der Waals surface area contributed by atoms with Crippen LogP contribution in [0.25, 0.3) is 0 Å². The van der Waals surface area contributed by atoms with Gasteiger partial charge in [-0.1, -0.05) is 36.4 Å². The van der Waals surface area contributed by atoms with Gasteiger partial charge in [-0.15, -0.1) is 12.4 Å². The highest BCUT2D eigenvalue weighted by Crippen LogP contribution is 2.32. The van der Waals surface area contributed by atoms with Crippen molar-refractivity contribution < 1.29 is 47.5 Å². The molecule has 4 aromatic carbocycles. The smallest absolute Gasteiger partial charge is 0.410 e. The van der Waals surface area contributed by atoms with Crippen LogP contribution in [0.4, 0.5) is 4.79 Å². The summed E-state index contributed by atoms with van der Waals surface area (Å²) in [7, 11) is 3.33. The van der Waals surface area contributed by atoms with Gasteiger partial charge in [0.1, 0.15) is 40.1 Å². The van der Waals surface area contributed by atoms with E-state index in [0.717, 1.165) is 57.4 Å². The number of methoxy groups -OCH3 is 2. The maximum absolute atomic E-state index is 14.0. The van der Waals surface area contributed by atoms with Crippen molar-refractivity contribution in [2.75, 3.05) is 66.8 Å². The van der Waals surface area contributed by atoms with Crippen LogP contribution in [0.2, 0.25) is 0 Å². The predicted octanol–water partition coefficient (Wildman–Crippen LogP) is 11.1. The minimum atomic E-state index is -0.573. The van der Waals surface area contributed by atoms with Gasteiger partial charge in [0.15, 0.2) is 0 Å². The molecule has 2 aliphatic heterocycles. The Balaban J connectivity index is 0.000000306. The van der Waals surface area contributed by atoms with E-state index in [4.69, 9.17) is 33.2 Å². The molecule has 3 amide bonds. The van der Waals surface area contributed by atoms with Gasteiger partial charge in [0, 0.05) is 101 Å². The summed E-state index contributed by atoms with van der Waals surface area (Å²) in [5.41, 5.74) is 0.480. The van der Waals surface area contributed by atoms with Gasteiger partial charge in [0.05, 0.1) is 19.3 Å². The van der Waals surface area contributed by atoms with E-state index in [9.17, 15) is 14.4 Å². The van der Waals surface area contributed by atoms with Crippen LogP contribution in [0.15, 0.2) is 97.1 Å². The Kier molecular flexibility index (Phi) is 23.6. The summed E-state index contributed by atoms with van der Waals surface area (Å²) in [5, 5.41) is 3.42. The number of para-hydroxylation sites is 2. The van der Waals surface area contributed by atoms with Crippen LogP contribution < -0.4 is 24.3 Å². The number of nitrogens with one attached hydrogen (secondary N) is 1. The number of carbonyl (C=O) groups excluding carboxylic acids is 3. The molecule has 70 heavy (non-hydrogen) atoms. The molecule has 2 fully saturated rings. The minimum absolute atomic E-state index is 0. The first-order valence-corrected chi connectivity index (χ1v) is 24.5. The van der Waals surface area contributed by atoms with Crippen molar-refractivity contribution in [2.45, 2.75) is 117 Å². The number of rotatable bonds is 20. The topological polar surface area (TPSA) is 138 Å². The van der Waals surface area contributed by atoms with E-state index in [1.807, 2.05) is 123 Å². The number of nitrogens with zero attached hydrogens (tertiary/aromatic N) is 3. The lowest BCUT2D eigenvalue weighted by Crippen LogP contribution is -2.54. The second-order valence-electron chi connectivity index (χ2n) is 18.9. The van der Waals surface area contributed by atoms with Crippen LogP contribution in [0, 0.1) is 0 Å². The summed E-state index contributed by atoms with van der Waals surface area (Å²) >= 11 is 0. The molecule has 0 aromatic heterocycles. The predicted molar refractivity (Wildman–Crippen MR) is 276 cm³/mol. The SMILES string of the molecule is COCCCOc1cc(Oc2ccccc2)cc(C(=O)N(C(C)C)[C@@H]2CCCN(C(=O)OC(C)(C)C)C2)c1.COCCCOc1cc(Oc2ccccc2)cc(C(=O)N(C(C)C)[C@@H]2CCCNC2)c1.Cl. The van der Waals surface area contributed by atoms with Crippen molar-refractivity contribution in [1.29, 1.82) is 0 Å². The molecule has 1 N–H and O–H groups in total. The van der Waals surface area contributed by atoms with Gasteiger partial charge in [-0.05, 0) is 129 Å². The second kappa shape index (κ2) is 29.0. The molecular formula is C55H77ClN4O10. The van der Waals surface area contributed by atoms with Crippen LogP contribution in [0.3, 0.4) is 0 Å². The Morgan fingerprint density at radius 3 is 1.51 bits per heavy atom. The van der Waals surface area contributed by atoms with Crippen molar-refractivity contribution in [3.05, 3.63) is 108 Å². The van der Waals surface area contributed by atoms with Crippen molar-refractivity contribution in [3.8, 4) is 34.5 Å². The molecule has 4 aromatic rings. The fraction of sp³-hybridized carbons (Fsp3) is 0.509. The van der Waals surface area contributed by atoms with Crippen LogP contribution in [-0.4, -0.2) is 129 Å². The third-order valence-electron chi connectivity index (χ3n) is 11.4. The molecule has 0 spiro atoms. The lowest BCUT2D eigenvalue weighted by atomic mass is 10.0. The zero-order chi connectivity index (χ0) is 49.8. The number of piperidine rings is 2. The van der Waals surface area contributed by atoms with Gasteiger partial charge >= 0.3 is 6.09 Å². The molecule has 2 aliphatic rings. The van der Waals surface area contributed by atoms with Crippen molar-refractivity contribution >= 4 is 30.3 Å². The summed E-state index contributed by atoms with van der Waals surface area (Å²) in [6.45, 7) is 18.8. The molecule has 14 nitrogen and oxygen atoms in total. The lowest BCUT2D eigenvalue weighted by molar-refractivity contribution is 0.00751. The fourth-order valence-corrected chi connectivity index (χ4v) is 8.40. The van der Waals surface area contributed by atoms with E-state index < -0.39 is 5.60 Å². The number of likely N-dealkylation sites (tertiary alicyclic amines) is 1. The lowest BCUT2D eigenvalue weighted by Gasteiger charge is -2.41. The van der Waals surface area contributed by atoms with E-state index in [2.05, 4.69) is 19.2 Å². The number of amides is 3. The summed E-state index contributed by atoms with van der Waals surface area (Å²) in [5.74, 6) is 3.55. The third kappa shape index (κ3) is 18.3. The minimum Gasteiger partial charge on any atom is -0.493 e. The van der Waals surface area contributed by atoms with Crippen molar-refractivity contribution in [3.63, 3.8) is 0 Å². The van der Waals surface area contributed by atoms with E-state index >= 15 is 0 Å². The van der Waals surface area contributed by atoms with Gasteiger partial charge in [0.2, 0.25) is 0 Å². The molecule has 15 heteroatoms. The molecule has 2 heterocycles. The van der Waals surface area contributed by atoms with Gasteiger partial charge in [-0.2, -0.15) is 0 Å². The number of ether oxygens (including phenoxy) is 7. The maximum atomic E-state index is 14.0. The average Bonchev–Trinajstić information content (AvgIpc) is 3.32. The number of hydrogen-bond acceptors (Lipinski definition) is 11. The molecule has 0 radical (unpaired) electrons. The normalized spacial score (nSPS) is 15.7. The van der Waals surface area contributed by atoms with E-state index in [1.165, 1.54) is 0 Å². The van der Waals surface area contributed by atoms with Crippen LogP contribution in [0.1, 0.15) is 108 Å². The number of carbonyl (C=O) groups is 3. The molecule has 2 saturated heterocycles. The van der Waals surface area contributed by atoms with E-state index in [-0.39, 0.29) is 54.5 Å². The van der Waals surface area contributed by atoms with Crippen LogP contribution >= 0.6 is 12.4 Å². The van der Waals surface area contributed by atoms with E-state index in [0.29, 0.717) is 79.4 Å². The Labute approximate surface area is 422 Å². The summed E-state index contributed by atoms with van der Waals surface area (Å²) in [6, 6.07) is 29.8. The quantitative estimate of drug-likeness (QED) is 0.0847. The Hall–Kier alpha value is -5.54. The van der Waals surface area contributed by atoms with E-state index in [1.54, 1.807) is 37.3 Å². The monoisotopic (exact) mass is 989 g/mol. The number of hydrogen-bond donors (Lipinski definition) is 1. The molecule has 0 saturated carbocycles. The van der Waals surface area contributed by atoms with Crippen LogP contribution in [0.5, 0.6) is 34.5 Å². The zero-order valence-corrected chi connectivity index (χ0v) is 43.6. The molecule has 384 valence electrons. The molecule has 0 bridgehead atoms.